The molecule has 1 fully saturated rings. The van der Waals surface area contributed by atoms with Crippen molar-refractivity contribution in [2.75, 3.05) is 0 Å². The van der Waals surface area contributed by atoms with E-state index >= 15 is 0 Å². The van der Waals surface area contributed by atoms with Crippen molar-refractivity contribution in [3.63, 3.8) is 0 Å². The molecular formula is C14H15ClN2O. The Labute approximate surface area is 112 Å². The predicted octanol–water partition coefficient (Wildman–Crippen LogP) is 2.69. The summed E-state index contributed by atoms with van der Waals surface area (Å²) in [5.41, 5.74) is 8.96. The number of phenolic OH excluding ortho intramolecular Hbond substituents is 1. The number of phenols is 1. The highest BCUT2D eigenvalue weighted by Crippen LogP contribution is 2.38. The molecule has 0 saturated heterocycles. The van der Waals surface area contributed by atoms with Crippen molar-refractivity contribution in [1.82, 2.24) is 4.98 Å². The van der Waals surface area contributed by atoms with Gasteiger partial charge in [-0.05, 0) is 42.3 Å². The zero-order chi connectivity index (χ0) is 11.8. The topological polar surface area (TPSA) is 59.1 Å². The molecule has 2 aromatic rings. The van der Waals surface area contributed by atoms with Gasteiger partial charge in [0.1, 0.15) is 5.75 Å². The summed E-state index contributed by atoms with van der Waals surface area (Å²) in [6.45, 7) is 0. The minimum absolute atomic E-state index is 0. The van der Waals surface area contributed by atoms with E-state index in [1.807, 2.05) is 24.4 Å². The Morgan fingerprint density at radius 2 is 1.78 bits per heavy atom. The predicted molar refractivity (Wildman–Crippen MR) is 73.9 cm³/mol. The van der Waals surface area contributed by atoms with E-state index in [1.165, 1.54) is 5.56 Å². The fourth-order valence-corrected chi connectivity index (χ4v) is 2.03. The molecule has 1 aliphatic carbocycles. The quantitative estimate of drug-likeness (QED) is 0.875. The third-order valence-electron chi connectivity index (χ3n) is 3.22. The van der Waals surface area contributed by atoms with Gasteiger partial charge in [-0.3, -0.25) is 4.98 Å². The van der Waals surface area contributed by atoms with Crippen LogP contribution in [-0.4, -0.2) is 16.1 Å². The lowest BCUT2D eigenvalue weighted by Gasteiger charge is -2.03. The molecule has 0 spiro atoms. The molecule has 0 bridgehead atoms. The number of halogens is 1. The number of nitrogens with two attached hydrogens (primary N) is 1. The van der Waals surface area contributed by atoms with Gasteiger partial charge in [-0.25, -0.2) is 0 Å². The van der Waals surface area contributed by atoms with Crippen LogP contribution in [0.15, 0.2) is 42.6 Å². The van der Waals surface area contributed by atoms with Gasteiger partial charge in [0.2, 0.25) is 0 Å². The van der Waals surface area contributed by atoms with E-state index in [4.69, 9.17) is 5.73 Å². The summed E-state index contributed by atoms with van der Waals surface area (Å²) in [6, 6.07) is 11.5. The van der Waals surface area contributed by atoms with E-state index in [2.05, 4.69) is 11.1 Å². The van der Waals surface area contributed by atoms with Gasteiger partial charge in [0.15, 0.2) is 0 Å². The first-order valence-electron chi connectivity index (χ1n) is 5.75. The van der Waals surface area contributed by atoms with Gasteiger partial charge in [-0.1, -0.05) is 6.07 Å². The molecule has 3 nitrogen and oxygen atoms in total. The van der Waals surface area contributed by atoms with Gasteiger partial charge in [0.25, 0.3) is 0 Å². The zero-order valence-electron chi connectivity index (χ0n) is 9.78. The van der Waals surface area contributed by atoms with Gasteiger partial charge in [0, 0.05) is 23.7 Å². The highest BCUT2D eigenvalue weighted by atomic mass is 35.5. The van der Waals surface area contributed by atoms with E-state index in [-0.39, 0.29) is 18.2 Å². The lowest BCUT2D eigenvalue weighted by atomic mass is 10.1. The number of nitrogens with zero attached hydrogens (tertiary/aromatic N) is 1. The Morgan fingerprint density at radius 3 is 2.28 bits per heavy atom. The Hall–Kier alpha value is -1.58. The van der Waals surface area contributed by atoms with Crippen LogP contribution in [0.3, 0.4) is 0 Å². The van der Waals surface area contributed by atoms with Crippen molar-refractivity contribution < 1.29 is 5.11 Å². The number of benzene rings is 1. The molecule has 1 aromatic carbocycles. The van der Waals surface area contributed by atoms with E-state index in [0.717, 1.165) is 17.7 Å². The molecule has 0 radical (unpaired) electrons. The van der Waals surface area contributed by atoms with Gasteiger partial charge < -0.3 is 10.8 Å². The molecule has 1 aromatic heterocycles. The van der Waals surface area contributed by atoms with Crippen LogP contribution in [0.5, 0.6) is 5.75 Å². The summed E-state index contributed by atoms with van der Waals surface area (Å²) in [7, 11) is 0. The maximum Gasteiger partial charge on any atom is 0.115 e. The van der Waals surface area contributed by atoms with Crippen molar-refractivity contribution in [3.8, 4) is 17.0 Å². The fourth-order valence-electron chi connectivity index (χ4n) is 2.03. The van der Waals surface area contributed by atoms with E-state index < -0.39 is 0 Å². The summed E-state index contributed by atoms with van der Waals surface area (Å²) in [4.78, 5) is 4.44. The number of aromatic hydroxyl groups is 1. The van der Waals surface area contributed by atoms with Gasteiger partial charge in [-0.2, -0.15) is 0 Å². The molecule has 3 rings (SSSR count). The first-order valence-corrected chi connectivity index (χ1v) is 5.75. The summed E-state index contributed by atoms with van der Waals surface area (Å²) < 4.78 is 0. The first-order chi connectivity index (χ1) is 8.24. The average Bonchev–Trinajstić information content (AvgIpc) is 3.08. The number of hydrogen-bond donors (Lipinski definition) is 2. The van der Waals surface area contributed by atoms with Crippen LogP contribution >= 0.6 is 12.4 Å². The standard InChI is InChI=1S/C14H14N2O.ClH/c15-13-7-12(13)10-3-6-14(16-8-10)9-1-4-11(17)5-2-9;/h1-6,8,12-13,17H,7,15H2;1H/t12-,13+;/m1./s1. The van der Waals surface area contributed by atoms with Gasteiger partial charge in [-0.15, -0.1) is 12.4 Å². The van der Waals surface area contributed by atoms with Crippen LogP contribution in [0.2, 0.25) is 0 Å². The maximum absolute atomic E-state index is 9.22. The van der Waals surface area contributed by atoms with Crippen LogP contribution in [-0.2, 0) is 0 Å². The molecule has 1 heterocycles. The summed E-state index contributed by atoms with van der Waals surface area (Å²) in [6.07, 6.45) is 2.97. The highest BCUT2D eigenvalue weighted by molar-refractivity contribution is 5.85. The van der Waals surface area contributed by atoms with Crippen LogP contribution in [0.1, 0.15) is 17.9 Å². The molecule has 1 aliphatic rings. The van der Waals surface area contributed by atoms with Gasteiger partial charge in [0.05, 0.1) is 5.69 Å². The molecule has 0 amide bonds. The fraction of sp³-hybridized carbons (Fsp3) is 0.214. The second-order valence-electron chi connectivity index (χ2n) is 4.53. The van der Waals surface area contributed by atoms with E-state index in [9.17, 15) is 5.11 Å². The average molecular weight is 263 g/mol. The molecule has 2 atom stereocenters. The Kier molecular flexibility index (Phi) is 3.55. The Bertz CT molecular complexity index is 524. The van der Waals surface area contributed by atoms with Crippen LogP contribution in [0.4, 0.5) is 0 Å². The minimum atomic E-state index is 0. The lowest BCUT2D eigenvalue weighted by Crippen LogP contribution is -2.01. The molecule has 18 heavy (non-hydrogen) atoms. The molecule has 0 unspecified atom stereocenters. The maximum atomic E-state index is 9.22. The summed E-state index contributed by atoms with van der Waals surface area (Å²) in [5, 5.41) is 9.22. The molecule has 4 heteroatoms. The van der Waals surface area contributed by atoms with Crippen LogP contribution < -0.4 is 5.73 Å². The minimum Gasteiger partial charge on any atom is -0.508 e. The summed E-state index contributed by atoms with van der Waals surface area (Å²) >= 11 is 0. The van der Waals surface area contributed by atoms with Crippen molar-refractivity contribution in [2.24, 2.45) is 5.73 Å². The van der Waals surface area contributed by atoms with Crippen LogP contribution in [0, 0.1) is 0 Å². The van der Waals surface area contributed by atoms with E-state index in [1.54, 1.807) is 12.1 Å². The van der Waals surface area contributed by atoms with Crippen molar-refractivity contribution >= 4 is 12.4 Å². The van der Waals surface area contributed by atoms with Crippen molar-refractivity contribution in [1.29, 1.82) is 0 Å². The number of aromatic nitrogens is 1. The highest BCUT2D eigenvalue weighted by Gasteiger charge is 2.34. The number of hydrogen-bond acceptors (Lipinski definition) is 3. The Morgan fingerprint density at radius 1 is 1.11 bits per heavy atom. The zero-order valence-corrected chi connectivity index (χ0v) is 10.6. The second kappa shape index (κ2) is 4.96. The Balaban J connectivity index is 0.00000120. The molecule has 0 aliphatic heterocycles. The second-order valence-corrected chi connectivity index (χ2v) is 4.53. The molecular weight excluding hydrogens is 248 g/mol. The van der Waals surface area contributed by atoms with E-state index in [0.29, 0.717) is 12.0 Å². The number of pyridine rings is 1. The van der Waals surface area contributed by atoms with Gasteiger partial charge >= 0.3 is 0 Å². The summed E-state index contributed by atoms with van der Waals surface area (Å²) in [5.74, 6) is 0.769. The van der Waals surface area contributed by atoms with Crippen LogP contribution in [0.25, 0.3) is 11.3 Å². The molecule has 1 saturated carbocycles. The normalized spacial score (nSPS) is 21.2. The largest absolute Gasteiger partial charge is 0.508 e. The lowest BCUT2D eigenvalue weighted by molar-refractivity contribution is 0.475. The van der Waals surface area contributed by atoms with Crippen molar-refractivity contribution in [3.05, 3.63) is 48.2 Å². The molecule has 94 valence electrons. The van der Waals surface area contributed by atoms with Crippen molar-refractivity contribution in [2.45, 2.75) is 18.4 Å². The SMILES string of the molecule is Cl.N[C@H]1C[C@@H]1c1ccc(-c2ccc(O)cc2)nc1. The third kappa shape index (κ3) is 2.47. The third-order valence-corrected chi connectivity index (χ3v) is 3.22. The molecule has 3 N–H and O–H groups in total. The number of rotatable bonds is 2. The first kappa shape index (κ1) is 12.9. The smallest absolute Gasteiger partial charge is 0.115 e. The monoisotopic (exact) mass is 262 g/mol.